The molecule has 0 aliphatic carbocycles. The molecular weight excluding hydrogens is 301 g/mol. The van der Waals surface area contributed by atoms with Crippen LogP contribution in [0.5, 0.6) is 17.2 Å². The summed E-state index contributed by atoms with van der Waals surface area (Å²) < 4.78 is 24.4. The number of hydrogen-bond donors (Lipinski definition) is 1. The van der Waals surface area contributed by atoms with Crippen LogP contribution in [0.3, 0.4) is 0 Å². The van der Waals surface area contributed by atoms with Crippen molar-refractivity contribution in [3.8, 4) is 17.2 Å². The third kappa shape index (κ3) is 2.92. The van der Waals surface area contributed by atoms with Crippen molar-refractivity contribution in [1.29, 1.82) is 0 Å². The van der Waals surface area contributed by atoms with Gasteiger partial charge in [-0.05, 0) is 24.3 Å². The third-order valence-electron chi connectivity index (χ3n) is 2.28. The van der Waals surface area contributed by atoms with E-state index in [1.807, 2.05) is 0 Å². The summed E-state index contributed by atoms with van der Waals surface area (Å²) in [6, 6.07) is 9.33. The van der Waals surface area contributed by atoms with Gasteiger partial charge in [0.2, 0.25) is 0 Å². The van der Waals surface area contributed by atoms with E-state index < -0.39 is 0 Å². The fourth-order valence-electron chi connectivity index (χ4n) is 1.44. The van der Waals surface area contributed by atoms with Gasteiger partial charge in [0.15, 0.2) is 5.75 Å². The molecule has 2 aromatic carbocycles. The summed E-state index contributed by atoms with van der Waals surface area (Å²) in [5.41, 5.74) is 6.24. The molecular formula is C13H11BrFNO2. The second-order valence-corrected chi connectivity index (χ2v) is 4.53. The van der Waals surface area contributed by atoms with E-state index >= 15 is 0 Å². The predicted octanol–water partition coefficient (Wildman–Crippen LogP) is 3.97. The molecule has 0 heterocycles. The van der Waals surface area contributed by atoms with Crippen LogP contribution in [0.15, 0.2) is 40.9 Å². The molecule has 0 unspecified atom stereocenters. The number of nitrogens with two attached hydrogens (primary N) is 1. The van der Waals surface area contributed by atoms with E-state index in [1.165, 1.54) is 12.1 Å². The largest absolute Gasteiger partial charge is 0.497 e. The van der Waals surface area contributed by atoms with Crippen LogP contribution >= 0.6 is 15.9 Å². The lowest BCUT2D eigenvalue weighted by atomic mass is 10.2. The van der Waals surface area contributed by atoms with E-state index in [-0.39, 0.29) is 5.82 Å². The van der Waals surface area contributed by atoms with Crippen molar-refractivity contribution in [3.05, 3.63) is 46.7 Å². The minimum absolute atomic E-state index is 0.363. The first kappa shape index (κ1) is 12.7. The zero-order valence-corrected chi connectivity index (χ0v) is 11.2. The van der Waals surface area contributed by atoms with Crippen LogP contribution in [0.25, 0.3) is 0 Å². The summed E-state index contributed by atoms with van der Waals surface area (Å²) in [4.78, 5) is 0. The first-order valence-corrected chi connectivity index (χ1v) is 5.95. The van der Waals surface area contributed by atoms with Crippen molar-refractivity contribution < 1.29 is 13.9 Å². The molecule has 0 bridgehead atoms. The highest BCUT2D eigenvalue weighted by molar-refractivity contribution is 9.10. The number of benzene rings is 2. The van der Waals surface area contributed by atoms with Gasteiger partial charge in [-0.15, -0.1) is 0 Å². The van der Waals surface area contributed by atoms with Gasteiger partial charge in [-0.1, -0.05) is 15.9 Å². The van der Waals surface area contributed by atoms with Crippen molar-refractivity contribution in [2.75, 3.05) is 12.8 Å². The molecule has 3 nitrogen and oxygen atoms in total. The highest BCUT2D eigenvalue weighted by atomic mass is 79.9. The lowest BCUT2D eigenvalue weighted by Gasteiger charge is -2.10. The molecule has 5 heteroatoms. The summed E-state index contributed by atoms with van der Waals surface area (Å²) in [6.07, 6.45) is 0. The van der Waals surface area contributed by atoms with Crippen LogP contribution in [0.2, 0.25) is 0 Å². The Balaban J connectivity index is 2.33. The fraction of sp³-hybridized carbons (Fsp3) is 0.0769. The summed E-state index contributed by atoms with van der Waals surface area (Å²) in [5, 5.41) is 0. The molecule has 0 aliphatic rings. The Morgan fingerprint density at radius 2 is 1.89 bits per heavy atom. The standard InChI is InChI=1S/C13H11BrFNO2/c1-17-10-2-3-12(16)13(7-10)18-11-5-8(14)4-9(15)6-11/h2-7H,16H2,1H3. The van der Waals surface area contributed by atoms with Gasteiger partial charge in [-0.2, -0.15) is 0 Å². The van der Waals surface area contributed by atoms with Crippen molar-refractivity contribution in [2.45, 2.75) is 0 Å². The van der Waals surface area contributed by atoms with Crippen LogP contribution in [-0.4, -0.2) is 7.11 Å². The van der Waals surface area contributed by atoms with Crippen LogP contribution in [0.4, 0.5) is 10.1 Å². The highest BCUT2D eigenvalue weighted by Gasteiger charge is 2.06. The Bertz CT molecular complexity index is 555. The highest BCUT2D eigenvalue weighted by Crippen LogP contribution is 2.32. The molecule has 2 N–H and O–H groups in total. The number of ether oxygens (including phenoxy) is 2. The molecule has 0 aliphatic heterocycles. The number of nitrogen functional groups attached to an aromatic ring is 1. The topological polar surface area (TPSA) is 44.5 Å². The fourth-order valence-corrected chi connectivity index (χ4v) is 1.89. The molecule has 18 heavy (non-hydrogen) atoms. The number of halogens is 2. The summed E-state index contributed by atoms with van der Waals surface area (Å²) in [7, 11) is 1.55. The zero-order chi connectivity index (χ0) is 13.1. The van der Waals surface area contributed by atoms with Gasteiger partial charge < -0.3 is 15.2 Å². The average Bonchev–Trinajstić information content (AvgIpc) is 2.30. The lowest BCUT2D eigenvalue weighted by molar-refractivity contribution is 0.409. The minimum Gasteiger partial charge on any atom is -0.497 e. The number of methoxy groups -OCH3 is 1. The van der Waals surface area contributed by atoms with Crippen LogP contribution < -0.4 is 15.2 Å². The number of hydrogen-bond acceptors (Lipinski definition) is 3. The summed E-state index contributed by atoms with van der Waals surface area (Å²) >= 11 is 3.20. The zero-order valence-electron chi connectivity index (χ0n) is 9.61. The van der Waals surface area contributed by atoms with Crippen molar-refractivity contribution in [3.63, 3.8) is 0 Å². The third-order valence-corrected chi connectivity index (χ3v) is 2.74. The molecule has 0 radical (unpaired) electrons. The van der Waals surface area contributed by atoms with Gasteiger partial charge in [0, 0.05) is 16.6 Å². The Kier molecular flexibility index (Phi) is 3.72. The van der Waals surface area contributed by atoms with Crippen LogP contribution in [0, 0.1) is 5.82 Å². The van der Waals surface area contributed by atoms with Gasteiger partial charge in [-0.25, -0.2) is 4.39 Å². The Labute approximate surface area is 112 Å². The van der Waals surface area contributed by atoms with Gasteiger partial charge in [-0.3, -0.25) is 0 Å². The maximum atomic E-state index is 13.2. The van der Waals surface area contributed by atoms with E-state index in [4.69, 9.17) is 15.2 Å². The van der Waals surface area contributed by atoms with Gasteiger partial charge in [0.05, 0.1) is 12.8 Å². The minimum atomic E-state index is -0.388. The lowest BCUT2D eigenvalue weighted by Crippen LogP contribution is -1.93. The second kappa shape index (κ2) is 5.27. The molecule has 94 valence electrons. The Morgan fingerprint density at radius 3 is 2.56 bits per heavy atom. The average molecular weight is 312 g/mol. The van der Waals surface area contributed by atoms with Crippen LogP contribution in [0.1, 0.15) is 0 Å². The molecule has 0 saturated carbocycles. The maximum Gasteiger partial charge on any atom is 0.153 e. The van der Waals surface area contributed by atoms with E-state index in [0.717, 1.165) is 0 Å². The summed E-state index contributed by atoms with van der Waals surface area (Å²) in [5.74, 6) is 1.02. The Morgan fingerprint density at radius 1 is 1.11 bits per heavy atom. The number of rotatable bonds is 3. The quantitative estimate of drug-likeness (QED) is 0.872. The monoisotopic (exact) mass is 311 g/mol. The molecule has 0 spiro atoms. The van der Waals surface area contributed by atoms with E-state index in [2.05, 4.69) is 15.9 Å². The van der Waals surface area contributed by atoms with Crippen molar-refractivity contribution in [2.24, 2.45) is 0 Å². The first-order valence-electron chi connectivity index (χ1n) is 5.16. The SMILES string of the molecule is COc1ccc(N)c(Oc2cc(F)cc(Br)c2)c1. The Hall–Kier alpha value is -1.75. The first-order chi connectivity index (χ1) is 8.58. The maximum absolute atomic E-state index is 13.2. The normalized spacial score (nSPS) is 10.2. The molecule has 0 atom stereocenters. The molecule has 0 saturated heterocycles. The van der Waals surface area contributed by atoms with E-state index in [9.17, 15) is 4.39 Å². The molecule has 0 amide bonds. The van der Waals surface area contributed by atoms with Gasteiger partial charge >= 0.3 is 0 Å². The van der Waals surface area contributed by atoms with Crippen molar-refractivity contribution in [1.82, 2.24) is 0 Å². The van der Waals surface area contributed by atoms with Gasteiger partial charge in [0.1, 0.15) is 17.3 Å². The van der Waals surface area contributed by atoms with E-state index in [1.54, 1.807) is 31.4 Å². The van der Waals surface area contributed by atoms with Crippen molar-refractivity contribution >= 4 is 21.6 Å². The van der Waals surface area contributed by atoms with Crippen LogP contribution in [-0.2, 0) is 0 Å². The molecule has 0 fully saturated rings. The second-order valence-electron chi connectivity index (χ2n) is 3.61. The predicted molar refractivity (Wildman–Crippen MR) is 71.6 cm³/mol. The smallest absolute Gasteiger partial charge is 0.153 e. The molecule has 2 rings (SSSR count). The summed E-state index contributed by atoms with van der Waals surface area (Å²) in [6.45, 7) is 0. The molecule has 2 aromatic rings. The van der Waals surface area contributed by atoms with Gasteiger partial charge in [0.25, 0.3) is 0 Å². The van der Waals surface area contributed by atoms with E-state index in [0.29, 0.717) is 27.4 Å². The molecule has 0 aromatic heterocycles. The number of anilines is 1.